The molecule has 128 valence electrons. The van der Waals surface area contributed by atoms with Crippen LogP contribution in [0, 0.1) is 0 Å². The Morgan fingerprint density at radius 3 is 1.52 bits per heavy atom. The van der Waals surface area contributed by atoms with Gasteiger partial charge in [-0.15, -0.1) is 0 Å². The molecule has 2 aromatic carbocycles. The van der Waals surface area contributed by atoms with E-state index in [1.54, 1.807) is 11.1 Å². The summed E-state index contributed by atoms with van der Waals surface area (Å²) in [6.45, 7) is 4.67. The predicted octanol–water partition coefficient (Wildman–Crippen LogP) is 7.70. The molecule has 2 aliphatic rings. The van der Waals surface area contributed by atoms with Crippen LogP contribution in [0.1, 0.15) is 45.6 Å². The Morgan fingerprint density at radius 2 is 1.12 bits per heavy atom. The fourth-order valence-electron chi connectivity index (χ4n) is 5.17. The molecule has 0 aromatic heterocycles. The Kier molecular flexibility index (Phi) is 4.45. The summed E-state index contributed by atoms with van der Waals surface area (Å²) >= 11 is 5.20. The number of hydrogen-bond acceptors (Lipinski definition) is 0. The van der Waals surface area contributed by atoms with Gasteiger partial charge in [0.1, 0.15) is 0 Å². The first-order chi connectivity index (χ1) is 11.8. The van der Waals surface area contributed by atoms with Crippen LogP contribution in [0.5, 0.6) is 0 Å². The van der Waals surface area contributed by atoms with Crippen LogP contribution in [0.2, 0.25) is 11.5 Å². The Labute approximate surface area is 170 Å². The topological polar surface area (TPSA) is 0 Å². The molecule has 0 spiro atoms. The first kappa shape index (κ1) is 17.8. The van der Waals surface area contributed by atoms with Crippen molar-refractivity contribution >= 4 is 57.3 Å². The van der Waals surface area contributed by atoms with Crippen molar-refractivity contribution in [3.05, 3.63) is 78.7 Å². The third-order valence-electron chi connectivity index (χ3n) is 5.94. The van der Waals surface area contributed by atoms with E-state index in [0.29, 0.717) is 9.50 Å². The first-order valence-corrected chi connectivity index (χ1v) is 17.0. The second-order valence-electron chi connectivity index (χ2n) is 7.95. The minimum atomic E-state index is -2.32. The van der Waals surface area contributed by atoms with Gasteiger partial charge in [-0.3, -0.25) is 0 Å². The van der Waals surface area contributed by atoms with Crippen molar-refractivity contribution in [2.45, 2.75) is 34.9 Å². The number of hydrogen-bond donors (Lipinski definition) is 0. The molecule has 2 atom stereocenters. The molecule has 2 unspecified atom stereocenters. The van der Waals surface area contributed by atoms with Gasteiger partial charge in [0, 0.05) is 0 Å². The molecule has 0 bridgehead atoms. The molecule has 0 nitrogen and oxygen atoms in total. The van der Waals surface area contributed by atoms with Gasteiger partial charge >= 0.3 is 171 Å². The zero-order chi connectivity index (χ0) is 17.9. The fourth-order valence-corrected chi connectivity index (χ4v) is 16.6. The van der Waals surface area contributed by atoms with Crippen LogP contribution >= 0.6 is 31.9 Å². The third-order valence-corrected chi connectivity index (χ3v) is 16.8. The fraction of sp³-hybridized carbons (Fsp3) is 0.273. The SMILES string of the molecule is CC1=Cc2c(Br)cccc2[CH]1[Ge]([CH3])([CH3])[CH]1C(C)=Cc2c(Br)cccc21. The monoisotopic (exact) mass is 518 g/mol. The zero-order valence-electron chi connectivity index (χ0n) is 15.0. The van der Waals surface area contributed by atoms with E-state index < -0.39 is 13.3 Å². The standard InChI is InChI=1S/C22H22Br2Ge/c1-13-11-17-15(7-5-9-19(17)23)21(13)25(3,4)22-14(2)12-18-16(22)8-6-10-20(18)24/h5-12,21-22H,1-4H3. The summed E-state index contributed by atoms with van der Waals surface area (Å²) in [4.78, 5) is 0. The number of allylic oxidation sites excluding steroid dienone is 2. The second-order valence-corrected chi connectivity index (χ2v) is 19.7. The van der Waals surface area contributed by atoms with Gasteiger partial charge in [0.2, 0.25) is 0 Å². The van der Waals surface area contributed by atoms with E-state index in [1.165, 1.54) is 31.2 Å². The van der Waals surface area contributed by atoms with Crippen LogP contribution in [0.4, 0.5) is 0 Å². The maximum absolute atomic E-state index is 3.76. The predicted molar refractivity (Wildman–Crippen MR) is 119 cm³/mol. The zero-order valence-corrected chi connectivity index (χ0v) is 20.3. The van der Waals surface area contributed by atoms with E-state index >= 15 is 0 Å². The number of rotatable bonds is 2. The van der Waals surface area contributed by atoms with Gasteiger partial charge in [-0.05, 0) is 0 Å². The van der Waals surface area contributed by atoms with Gasteiger partial charge < -0.3 is 0 Å². The molecule has 0 fully saturated rings. The van der Waals surface area contributed by atoms with Gasteiger partial charge in [0.15, 0.2) is 0 Å². The maximum atomic E-state index is 3.76. The molecule has 25 heavy (non-hydrogen) atoms. The summed E-state index contributed by atoms with van der Waals surface area (Å²) in [6.07, 6.45) is 4.82. The van der Waals surface area contributed by atoms with E-state index in [-0.39, 0.29) is 0 Å². The van der Waals surface area contributed by atoms with Crippen LogP contribution < -0.4 is 0 Å². The molecule has 0 aliphatic heterocycles. The molecule has 0 N–H and O–H groups in total. The van der Waals surface area contributed by atoms with Gasteiger partial charge in [-0.2, -0.15) is 0 Å². The molecule has 2 aromatic rings. The average molecular weight is 519 g/mol. The van der Waals surface area contributed by atoms with Crippen LogP contribution in [-0.2, 0) is 0 Å². The Balaban J connectivity index is 1.86. The van der Waals surface area contributed by atoms with Gasteiger partial charge in [0.05, 0.1) is 0 Å². The van der Waals surface area contributed by atoms with E-state index in [0.717, 1.165) is 0 Å². The molecule has 0 heterocycles. The molecule has 2 aliphatic carbocycles. The second kappa shape index (κ2) is 6.25. The van der Waals surface area contributed by atoms with Crippen molar-refractivity contribution in [3.63, 3.8) is 0 Å². The average Bonchev–Trinajstić information content (AvgIpc) is 3.06. The Bertz CT molecular complexity index is 862. The third kappa shape index (κ3) is 2.67. The summed E-state index contributed by atoms with van der Waals surface area (Å²) in [5.74, 6) is 5.24. The van der Waals surface area contributed by atoms with Gasteiger partial charge in [-0.25, -0.2) is 0 Å². The van der Waals surface area contributed by atoms with Crippen molar-refractivity contribution < 1.29 is 0 Å². The van der Waals surface area contributed by atoms with Crippen LogP contribution in [0.25, 0.3) is 12.2 Å². The Morgan fingerprint density at radius 1 is 0.720 bits per heavy atom. The van der Waals surface area contributed by atoms with E-state index in [4.69, 9.17) is 0 Å². The van der Waals surface area contributed by atoms with Crippen LogP contribution in [0.3, 0.4) is 0 Å². The molecule has 0 radical (unpaired) electrons. The van der Waals surface area contributed by atoms with Crippen LogP contribution in [-0.4, -0.2) is 13.3 Å². The molecule has 0 saturated heterocycles. The number of halogens is 2. The van der Waals surface area contributed by atoms with Gasteiger partial charge in [0.25, 0.3) is 0 Å². The first-order valence-electron chi connectivity index (χ1n) is 8.75. The van der Waals surface area contributed by atoms with Crippen molar-refractivity contribution in [1.29, 1.82) is 0 Å². The summed E-state index contributed by atoms with van der Waals surface area (Å²) in [5.41, 5.74) is 8.96. The number of fused-ring (bicyclic) bond motifs is 2. The number of benzene rings is 2. The summed E-state index contributed by atoms with van der Waals surface area (Å²) in [7, 11) is 0. The van der Waals surface area contributed by atoms with E-state index in [9.17, 15) is 0 Å². The summed E-state index contributed by atoms with van der Waals surface area (Å²) < 4.78 is 3.69. The van der Waals surface area contributed by atoms with Crippen molar-refractivity contribution in [1.82, 2.24) is 0 Å². The van der Waals surface area contributed by atoms with Crippen LogP contribution in [0.15, 0.2) is 56.5 Å². The van der Waals surface area contributed by atoms with Gasteiger partial charge in [-0.1, -0.05) is 0 Å². The van der Waals surface area contributed by atoms with E-state index in [1.807, 2.05) is 0 Å². The molecule has 0 saturated carbocycles. The molecular weight excluding hydrogens is 497 g/mol. The normalized spacial score (nSPS) is 21.7. The molecule has 0 amide bonds. The summed E-state index contributed by atoms with van der Waals surface area (Å²) in [6, 6.07) is 13.4. The molecule has 3 heteroatoms. The molecular formula is C22H22Br2Ge. The Hall–Kier alpha value is -0.577. The molecule has 4 rings (SSSR count). The quantitative estimate of drug-likeness (QED) is 0.357. The van der Waals surface area contributed by atoms with E-state index in [2.05, 4.69) is 106 Å². The van der Waals surface area contributed by atoms with Crippen molar-refractivity contribution in [2.24, 2.45) is 0 Å². The summed E-state index contributed by atoms with van der Waals surface area (Å²) in [5, 5.41) is 0. The minimum absolute atomic E-state index is 0.616. The van der Waals surface area contributed by atoms with Crippen molar-refractivity contribution in [3.8, 4) is 0 Å². The van der Waals surface area contributed by atoms with Crippen molar-refractivity contribution in [2.75, 3.05) is 0 Å².